The molecule has 210 valence electrons. The van der Waals surface area contributed by atoms with Gasteiger partial charge < -0.3 is 30.4 Å². The van der Waals surface area contributed by atoms with Gasteiger partial charge >= 0.3 is 5.97 Å². The summed E-state index contributed by atoms with van der Waals surface area (Å²) in [6, 6.07) is 5.99. The number of aldehydes is 1. The monoisotopic (exact) mass is 532 g/mol. The van der Waals surface area contributed by atoms with E-state index in [1.807, 2.05) is 0 Å². The zero-order valence-electron chi connectivity index (χ0n) is 22.7. The predicted octanol–water partition coefficient (Wildman–Crippen LogP) is 1.94. The molecule has 1 unspecified atom stereocenters. The highest BCUT2D eigenvalue weighted by Crippen LogP contribution is 2.11. The third kappa shape index (κ3) is 13.5. The van der Waals surface area contributed by atoms with Gasteiger partial charge in [-0.25, -0.2) is 0 Å². The number of hydrogen-bond donors (Lipinski definition) is 3. The van der Waals surface area contributed by atoms with Gasteiger partial charge in [-0.2, -0.15) is 0 Å². The standard InChI is InChI=1S/C27H40N4O7/c1-19(2)26(30-23(34)9-6-5-7-15-31(4)25(36)10-8-16-32)27(37)28-17-24(35)29-22-13-11-21(12-14-22)18-38-20(3)33/h11-14,16,19,26H,5-10,15,17-18H2,1-4H3,(H,28,37)(H,29,35)(H,30,34). The number of nitrogens with zero attached hydrogens (tertiary/aromatic N) is 1. The molecule has 0 aromatic heterocycles. The number of carbonyl (C=O) groups excluding carboxylic acids is 6. The van der Waals surface area contributed by atoms with Gasteiger partial charge in [-0.3, -0.25) is 24.0 Å². The lowest BCUT2D eigenvalue weighted by Crippen LogP contribution is -2.51. The summed E-state index contributed by atoms with van der Waals surface area (Å²) in [4.78, 5) is 71.9. The van der Waals surface area contributed by atoms with E-state index < -0.39 is 17.9 Å². The SMILES string of the molecule is CC(=O)OCc1ccc(NC(=O)CNC(=O)C(NC(=O)CCCCCN(C)C(=O)CCC=O)C(C)C)cc1. The van der Waals surface area contributed by atoms with Crippen molar-refractivity contribution in [3.8, 4) is 0 Å². The average Bonchev–Trinajstić information content (AvgIpc) is 2.87. The first-order valence-corrected chi connectivity index (χ1v) is 12.8. The Kier molecular flexibility index (Phi) is 15.0. The molecule has 0 saturated carbocycles. The first-order valence-electron chi connectivity index (χ1n) is 12.8. The van der Waals surface area contributed by atoms with Crippen LogP contribution in [0.1, 0.15) is 64.9 Å². The van der Waals surface area contributed by atoms with E-state index >= 15 is 0 Å². The second kappa shape index (κ2) is 17.7. The van der Waals surface area contributed by atoms with Crippen LogP contribution in [-0.4, -0.2) is 67.0 Å². The second-order valence-corrected chi connectivity index (χ2v) is 9.36. The summed E-state index contributed by atoms with van der Waals surface area (Å²) < 4.78 is 4.92. The van der Waals surface area contributed by atoms with Crippen LogP contribution in [-0.2, 0) is 40.1 Å². The minimum atomic E-state index is -0.780. The lowest BCUT2D eigenvalue weighted by atomic mass is 10.0. The zero-order valence-corrected chi connectivity index (χ0v) is 22.7. The molecule has 0 spiro atoms. The highest BCUT2D eigenvalue weighted by Gasteiger charge is 2.24. The second-order valence-electron chi connectivity index (χ2n) is 9.36. The van der Waals surface area contributed by atoms with Crippen molar-refractivity contribution >= 4 is 41.6 Å². The lowest BCUT2D eigenvalue weighted by Gasteiger charge is -2.21. The molecule has 1 rings (SSSR count). The topological polar surface area (TPSA) is 151 Å². The van der Waals surface area contributed by atoms with Crippen LogP contribution in [0.5, 0.6) is 0 Å². The summed E-state index contributed by atoms with van der Waals surface area (Å²) in [6.45, 7) is 5.37. The number of hydrogen-bond acceptors (Lipinski definition) is 7. The van der Waals surface area contributed by atoms with Crippen molar-refractivity contribution in [2.45, 2.75) is 71.9 Å². The van der Waals surface area contributed by atoms with Gasteiger partial charge in [0.2, 0.25) is 23.6 Å². The van der Waals surface area contributed by atoms with Crippen LogP contribution in [0.25, 0.3) is 0 Å². The summed E-state index contributed by atoms with van der Waals surface area (Å²) in [6.07, 6.45) is 3.46. The van der Waals surface area contributed by atoms with Crippen molar-refractivity contribution < 1.29 is 33.5 Å². The molecule has 0 radical (unpaired) electrons. The number of amides is 4. The van der Waals surface area contributed by atoms with Gasteiger partial charge in [0, 0.05) is 45.5 Å². The minimum absolute atomic E-state index is 0.0801. The summed E-state index contributed by atoms with van der Waals surface area (Å²) in [7, 11) is 1.69. The van der Waals surface area contributed by atoms with Crippen molar-refractivity contribution in [3.63, 3.8) is 0 Å². The molecule has 0 fully saturated rings. The molecular formula is C27H40N4O7. The molecule has 38 heavy (non-hydrogen) atoms. The fraction of sp³-hybridized carbons (Fsp3) is 0.556. The van der Waals surface area contributed by atoms with Crippen LogP contribution in [0.15, 0.2) is 24.3 Å². The molecule has 3 N–H and O–H groups in total. The maximum atomic E-state index is 12.6. The van der Waals surface area contributed by atoms with E-state index in [1.54, 1.807) is 50.1 Å². The van der Waals surface area contributed by atoms with E-state index in [0.29, 0.717) is 18.7 Å². The van der Waals surface area contributed by atoms with E-state index in [0.717, 1.165) is 24.7 Å². The van der Waals surface area contributed by atoms with Crippen molar-refractivity contribution in [1.29, 1.82) is 0 Å². The molecule has 4 amide bonds. The maximum Gasteiger partial charge on any atom is 0.302 e. The first-order chi connectivity index (χ1) is 18.0. The van der Waals surface area contributed by atoms with Crippen LogP contribution in [0.3, 0.4) is 0 Å². The summed E-state index contributed by atoms with van der Waals surface area (Å²) in [5.74, 6) is -1.77. The molecule has 0 heterocycles. The Morgan fingerprint density at radius 2 is 1.66 bits per heavy atom. The normalized spacial score (nSPS) is 11.3. The molecular weight excluding hydrogens is 492 g/mol. The fourth-order valence-electron chi connectivity index (χ4n) is 3.44. The molecule has 0 aliphatic carbocycles. The Bertz CT molecular complexity index is 947. The molecule has 0 bridgehead atoms. The molecule has 11 nitrogen and oxygen atoms in total. The maximum absolute atomic E-state index is 12.6. The van der Waals surface area contributed by atoms with E-state index in [-0.39, 0.29) is 56.1 Å². The Balaban J connectivity index is 2.38. The van der Waals surface area contributed by atoms with Crippen molar-refractivity contribution in [3.05, 3.63) is 29.8 Å². The van der Waals surface area contributed by atoms with Crippen LogP contribution >= 0.6 is 0 Å². The Morgan fingerprint density at radius 1 is 0.974 bits per heavy atom. The molecule has 1 atom stereocenters. The molecule has 1 aromatic carbocycles. The van der Waals surface area contributed by atoms with Crippen LogP contribution in [0.2, 0.25) is 0 Å². The van der Waals surface area contributed by atoms with Crippen LogP contribution < -0.4 is 16.0 Å². The number of anilines is 1. The van der Waals surface area contributed by atoms with Crippen LogP contribution in [0, 0.1) is 5.92 Å². The van der Waals surface area contributed by atoms with Crippen LogP contribution in [0.4, 0.5) is 5.69 Å². The largest absolute Gasteiger partial charge is 0.461 e. The van der Waals surface area contributed by atoms with Gasteiger partial charge in [0.25, 0.3) is 0 Å². The number of nitrogens with one attached hydrogen (secondary N) is 3. The molecule has 1 aromatic rings. The Hall–Kier alpha value is -3.76. The molecule has 11 heteroatoms. The number of esters is 1. The van der Waals surface area contributed by atoms with Gasteiger partial charge in [0.1, 0.15) is 18.9 Å². The first kappa shape index (κ1) is 32.3. The number of ether oxygens (including phenoxy) is 1. The van der Waals surface area contributed by atoms with Crippen molar-refractivity contribution in [2.24, 2.45) is 5.92 Å². The van der Waals surface area contributed by atoms with Gasteiger partial charge in [-0.1, -0.05) is 32.4 Å². The number of rotatable bonds is 17. The minimum Gasteiger partial charge on any atom is -0.461 e. The third-order valence-electron chi connectivity index (χ3n) is 5.67. The summed E-state index contributed by atoms with van der Waals surface area (Å²) in [5.41, 5.74) is 1.30. The summed E-state index contributed by atoms with van der Waals surface area (Å²) in [5, 5.41) is 7.98. The summed E-state index contributed by atoms with van der Waals surface area (Å²) >= 11 is 0. The van der Waals surface area contributed by atoms with Gasteiger partial charge in [0.15, 0.2) is 0 Å². The highest BCUT2D eigenvalue weighted by molar-refractivity contribution is 5.96. The number of benzene rings is 1. The van der Waals surface area contributed by atoms with E-state index in [2.05, 4.69) is 16.0 Å². The highest BCUT2D eigenvalue weighted by atomic mass is 16.5. The average molecular weight is 533 g/mol. The van der Waals surface area contributed by atoms with E-state index in [1.165, 1.54) is 6.92 Å². The molecule has 0 aliphatic rings. The number of unbranched alkanes of at least 4 members (excludes halogenated alkanes) is 2. The van der Waals surface area contributed by atoms with Crippen molar-refractivity contribution in [1.82, 2.24) is 15.5 Å². The quantitative estimate of drug-likeness (QED) is 0.158. The molecule has 0 aliphatic heterocycles. The van der Waals surface area contributed by atoms with Crippen molar-refractivity contribution in [2.75, 3.05) is 25.5 Å². The van der Waals surface area contributed by atoms with Gasteiger partial charge in [-0.15, -0.1) is 0 Å². The third-order valence-corrected chi connectivity index (χ3v) is 5.67. The lowest BCUT2D eigenvalue weighted by molar-refractivity contribution is -0.142. The van der Waals surface area contributed by atoms with E-state index in [4.69, 9.17) is 4.74 Å². The fourth-order valence-corrected chi connectivity index (χ4v) is 3.44. The molecule has 0 saturated heterocycles. The smallest absolute Gasteiger partial charge is 0.302 e. The Morgan fingerprint density at radius 3 is 2.26 bits per heavy atom. The zero-order chi connectivity index (χ0) is 28.5. The Labute approximate surface area is 224 Å². The predicted molar refractivity (Wildman–Crippen MR) is 142 cm³/mol. The van der Waals surface area contributed by atoms with Gasteiger partial charge in [0.05, 0.1) is 6.54 Å². The van der Waals surface area contributed by atoms with Gasteiger partial charge in [-0.05, 0) is 36.5 Å². The number of carbonyl (C=O) groups is 6. The van der Waals surface area contributed by atoms with E-state index in [9.17, 15) is 28.8 Å².